The molecule has 1 saturated heterocycles. The molecule has 1 N–H and O–H groups in total. The van der Waals surface area contributed by atoms with E-state index in [0.29, 0.717) is 24.3 Å². The maximum absolute atomic E-state index is 13.3. The summed E-state index contributed by atoms with van der Waals surface area (Å²) in [5.74, 6) is -0.0305. The zero-order chi connectivity index (χ0) is 21.7. The van der Waals surface area contributed by atoms with Crippen molar-refractivity contribution < 1.29 is 14.4 Å². The third-order valence-electron chi connectivity index (χ3n) is 5.59. The number of hydrogen-bond donors (Lipinski definition) is 1. The molecule has 1 aliphatic heterocycles. The Morgan fingerprint density at radius 3 is 2.27 bits per heavy atom. The first-order valence-electron chi connectivity index (χ1n) is 10.3. The Kier molecular flexibility index (Phi) is 7.00. The fraction of sp³-hybridized carbons (Fsp3) is 0.375. The van der Waals surface area contributed by atoms with Crippen molar-refractivity contribution in [3.05, 3.63) is 65.7 Å². The molecule has 1 heterocycles. The highest BCUT2D eigenvalue weighted by Gasteiger charge is 2.33. The second-order valence-electron chi connectivity index (χ2n) is 7.98. The molecular weight excluding hydrogens is 378 g/mol. The molecule has 3 rings (SSSR count). The number of nitrogens with zero attached hydrogens (tertiary/aromatic N) is 2. The molecule has 30 heavy (non-hydrogen) atoms. The molecule has 0 saturated carbocycles. The molecule has 6 heteroatoms. The lowest BCUT2D eigenvalue weighted by atomic mass is 9.93. The van der Waals surface area contributed by atoms with Gasteiger partial charge < -0.3 is 10.2 Å². The first-order chi connectivity index (χ1) is 14.4. The summed E-state index contributed by atoms with van der Waals surface area (Å²) in [7, 11) is 3.56. The summed E-state index contributed by atoms with van der Waals surface area (Å²) in [6.07, 6.45) is 1.46. The SMILES string of the molecule is CC(=O)c1cccc(NC(=O)C(c2ccccc2)N2CCC(C(=O)N(C)C)CC2)c1. The highest BCUT2D eigenvalue weighted by molar-refractivity contribution is 5.98. The number of likely N-dealkylation sites (tertiary alicyclic amines) is 1. The van der Waals surface area contributed by atoms with Gasteiger partial charge in [0.2, 0.25) is 11.8 Å². The summed E-state index contributed by atoms with van der Waals surface area (Å²) in [5, 5.41) is 2.98. The van der Waals surface area contributed by atoms with Crippen LogP contribution in [0.1, 0.15) is 41.7 Å². The molecule has 0 radical (unpaired) electrons. The zero-order valence-electron chi connectivity index (χ0n) is 17.8. The third kappa shape index (κ3) is 5.13. The molecule has 2 amide bonds. The van der Waals surface area contributed by atoms with Crippen LogP contribution in [0, 0.1) is 5.92 Å². The molecule has 6 nitrogen and oxygen atoms in total. The van der Waals surface area contributed by atoms with E-state index in [9.17, 15) is 14.4 Å². The smallest absolute Gasteiger partial charge is 0.246 e. The van der Waals surface area contributed by atoms with Crippen LogP contribution in [0.2, 0.25) is 0 Å². The number of carbonyl (C=O) groups is 3. The van der Waals surface area contributed by atoms with Gasteiger partial charge in [0.1, 0.15) is 6.04 Å². The Bertz CT molecular complexity index is 903. The van der Waals surface area contributed by atoms with E-state index in [0.717, 1.165) is 18.4 Å². The van der Waals surface area contributed by atoms with Gasteiger partial charge in [-0.1, -0.05) is 42.5 Å². The number of anilines is 1. The number of piperidine rings is 1. The van der Waals surface area contributed by atoms with Crippen LogP contribution < -0.4 is 5.32 Å². The van der Waals surface area contributed by atoms with Crippen LogP contribution in [-0.4, -0.2) is 54.6 Å². The van der Waals surface area contributed by atoms with E-state index >= 15 is 0 Å². The molecule has 2 aromatic carbocycles. The summed E-state index contributed by atoms with van der Waals surface area (Å²) in [6, 6.07) is 16.2. The molecule has 2 aromatic rings. The Morgan fingerprint density at radius 2 is 1.67 bits per heavy atom. The average molecular weight is 408 g/mol. The normalized spacial score (nSPS) is 16.0. The van der Waals surface area contributed by atoms with Crippen molar-refractivity contribution in [1.82, 2.24) is 9.80 Å². The maximum Gasteiger partial charge on any atom is 0.246 e. The number of rotatable bonds is 6. The van der Waals surface area contributed by atoms with Crippen LogP contribution in [0.15, 0.2) is 54.6 Å². The lowest BCUT2D eigenvalue weighted by Crippen LogP contribution is -2.44. The number of benzene rings is 2. The zero-order valence-corrected chi connectivity index (χ0v) is 17.8. The maximum atomic E-state index is 13.3. The van der Waals surface area contributed by atoms with Gasteiger partial charge in [-0.2, -0.15) is 0 Å². The van der Waals surface area contributed by atoms with E-state index in [1.54, 1.807) is 43.3 Å². The lowest BCUT2D eigenvalue weighted by Gasteiger charge is -2.37. The Labute approximate surface area is 177 Å². The van der Waals surface area contributed by atoms with Crippen molar-refractivity contribution in [2.24, 2.45) is 5.92 Å². The van der Waals surface area contributed by atoms with E-state index in [2.05, 4.69) is 10.2 Å². The summed E-state index contributed by atoms with van der Waals surface area (Å²) in [4.78, 5) is 41.1. The highest BCUT2D eigenvalue weighted by Crippen LogP contribution is 2.29. The Balaban J connectivity index is 1.79. The topological polar surface area (TPSA) is 69.7 Å². The van der Waals surface area contributed by atoms with Crippen LogP contribution >= 0.6 is 0 Å². The third-order valence-corrected chi connectivity index (χ3v) is 5.59. The molecular formula is C24H29N3O3. The summed E-state index contributed by atoms with van der Waals surface area (Å²) in [5.41, 5.74) is 2.08. The van der Waals surface area contributed by atoms with E-state index in [-0.39, 0.29) is 23.5 Å². The minimum Gasteiger partial charge on any atom is -0.349 e. The second-order valence-corrected chi connectivity index (χ2v) is 7.98. The predicted molar refractivity (Wildman–Crippen MR) is 117 cm³/mol. The quantitative estimate of drug-likeness (QED) is 0.746. The van der Waals surface area contributed by atoms with Gasteiger partial charge in [-0.05, 0) is 50.6 Å². The minimum atomic E-state index is -0.456. The van der Waals surface area contributed by atoms with Crippen molar-refractivity contribution in [3.63, 3.8) is 0 Å². The Hall–Kier alpha value is -2.99. The second kappa shape index (κ2) is 9.67. The van der Waals surface area contributed by atoms with Gasteiger partial charge in [0.05, 0.1) is 0 Å². The van der Waals surface area contributed by atoms with Crippen LogP contribution in [0.5, 0.6) is 0 Å². The van der Waals surface area contributed by atoms with E-state index < -0.39 is 6.04 Å². The highest BCUT2D eigenvalue weighted by atomic mass is 16.2. The van der Waals surface area contributed by atoms with E-state index in [1.165, 1.54) is 6.92 Å². The van der Waals surface area contributed by atoms with Gasteiger partial charge >= 0.3 is 0 Å². The number of Topliss-reactive ketones (excluding diaryl/α,β-unsaturated/α-hetero) is 1. The standard InChI is InChI=1S/C24H29N3O3/c1-17(28)20-10-7-11-21(16-20)25-23(29)22(18-8-5-4-6-9-18)27-14-12-19(13-15-27)24(30)26(2)3/h4-11,16,19,22H,12-15H2,1-3H3,(H,25,29). The van der Waals surface area contributed by atoms with Gasteiger partial charge in [-0.3, -0.25) is 19.3 Å². The predicted octanol–water partition coefficient (Wildman–Crippen LogP) is 3.37. The molecule has 0 spiro atoms. The van der Waals surface area contributed by atoms with Crippen LogP contribution in [0.4, 0.5) is 5.69 Å². The summed E-state index contributed by atoms with van der Waals surface area (Å²) in [6.45, 7) is 2.85. The lowest BCUT2D eigenvalue weighted by molar-refractivity contribution is -0.135. The van der Waals surface area contributed by atoms with Crippen molar-refractivity contribution in [3.8, 4) is 0 Å². The van der Waals surface area contributed by atoms with Crippen LogP contribution in [0.3, 0.4) is 0 Å². The van der Waals surface area contributed by atoms with Crippen molar-refractivity contribution >= 4 is 23.3 Å². The van der Waals surface area contributed by atoms with E-state index in [1.807, 2.05) is 30.3 Å². The molecule has 0 aliphatic carbocycles. The largest absolute Gasteiger partial charge is 0.349 e. The molecule has 1 fully saturated rings. The first-order valence-corrected chi connectivity index (χ1v) is 10.3. The van der Waals surface area contributed by atoms with Gasteiger partial charge in [-0.25, -0.2) is 0 Å². The summed E-state index contributed by atoms with van der Waals surface area (Å²) < 4.78 is 0. The molecule has 1 aliphatic rings. The molecule has 0 bridgehead atoms. The fourth-order valence-corrected chi connectivity index (χ4v) is 3.96. The monoisotopic (exact) mass is 407 g/mol. The number of nitrogens with one attached hydrogen (secondary N) is 1. The van der Waals surface area contributed by atoms with Gasteiger partial charge in [-0.15, -0.1) is 0 Å². The average Bonchev–Trinajstić information content (AvgIpc) is 2.74. The number of amides is 2. The fourth-order valence-electron chi connectivity index (χ4n) is 3.96. The van der Waals surface area contributed by atoms with Crippen molar-refractivity contribution in [2.75, 3.05) is 32.5 Å². The van der Waals surface area contributed by atoms with Crippen LogP contribution in [0.25, 0.3) is 0 Å². The number of ketones is 1. The van der Waals surface area contributed by atoms with Crippen LogP contribution in [-0.2, 0) is 9.59 Å². The Morgan fingerprint density at radius 1 is 1.00 bits per heavy atom. The van der Waals surface area contributed by atoms with Gasteiger partial charge in [0.15, 0.2) is 5.78 Å². The number of carbonyl (C=O) groups excluding carboxylic acids is 3. The van der Waals surface area contributed by atoms with Crippen molar-refractivity contribution in [2.45, 2.75) is 25.8 Å². The molecule has 1 atom stereocenters. The molecule has 0 aromatic heterocycles. The summed E-state index contributed by atoms with van der Waals surface area (Å²) >= 11 is 0. The van der Waals surface area contributed by atoms with Gasteiger partial charge in [0, 0.05) is 31.3 Å². The van der Waals surface area contributed by atoms with E-state index in [4.69, 9.17) is 0 Å². The first kappa shape index (κ1) is 21.7. The molecule has 158 valence electrons. The molecule has 1 unspecified atom stereocenters. The number of hydrogen-bond acceptors (Lipinski definition) is 4. The minimum absolute atomic E-state index is 0.00276. The van der Waals surface area contributed by atoms with Crippen molar-refractivity contribution in [1.29, 1.82) is 0 Å². The van der Waals surface area contributed by atoms with Gasteiger partial charge in [0.25, 0.3) is 0 Å².